The molecule has 0 bridgehead atoms. The van der Waals surface area contributed by atoms with Crippen LogP contribution in [0.1, 0.15) is 45.1 Å². The molecule has 0 spiro atoms. The van der Waals surface area contributed by atoms with Gasteiger partial charge in [0.1, 0.15) is 0 Å². The summed E-state index contributed by atoms with van der Waals surface area (Å²) in [6.45, 7) is 3.98. The van der Waals surface area contributed by atoms with E-state index in [1.54, 1.807) is 11.8 Å². The highest BCUT2D eigenvalue weighted by Crippen LogP contribution is 2.30. The van der Waals surface area contributed by atoms with Crippen molar-refractivity contribution in [3.63, 3.8) is 0 Å². The van der Waals surface area contributed by atoms with E-state index >= 15 is 0 Å². The van der Waals surface area contributed by atoms with Crippen LogP contribution in [0.25, 0.3) is 0 Å². The van der Waals surface area contributed by atoms with Crippen molar-refractivity contribution < 1.29 is 14.4 Å². The van der Waals surface area contributed by atoms with Crippen LogP contribution in [-0.2, 0) is 21.0 Å². The average molecular weight is 401 g/mol. The Morgan fingerprint density at radius 1 is 1.07 bits per heavy atom. The standard InChI is InChI=1S/C22H28N2O3S/c1-3-4-10-21(28-20-13-11-19(12-14-20)23-17(2)25)15-22(26)24-27-16-18-8-6-5-7-9-18/h5-9,11-14,21H,3-4,10,15-16H2,1-2H3,(H,23,25)(H,24,26). The van der Waals surface area contributed by atoms with Gasteiger partial charge in [0.05, 0.1) is 6.61 Å². The molecule has 150 valence electrons. The van der Waals surface area contributed by atoms with Crippen molar-refractivity contribution in [2.24, 2.45) is 0 Å². The minimum absolute atomic E-state index is 0.0894. The quantitative estimate of drug-likeness (QED) is 0.414. The van der Waals surface area contributed by atoms with Gasteiger partial charge in [0, 0.05) is 29.2 Å². The lowest BCUT2D eigenvalue weighted by Gasteiger charge is -2.16. The molecule has 0 fully saturated rings. The van der Waals surface area contributed by atoms with Gasteiger partial charge in [0.2, 0.25) is 11.8 Å². The number of anilines is 1. The van der Waals surface area contributed by atoms with E-state index in [9.17, 15) is 9.59 Å². The normalized spacial score (nSPS) is 11.6. The fourth-order valence-corrected chi connectivity index (χ4v) is 3.87. The Kier molecular flexibility index (Phi) is 9.59. The maximum absolute atomic E-state index is 12.3. The molecule has 0 aliphatic heterocycles. The first-order valence-corrected chi connectivity index (χ1v) is 10.4. The van der Waals surface area contributed by atoms with Crippen LogP contribution >= 0.6 is 11.8 Å². The van der Waals surface area contributed by atoms with Gasteiger partial charge in [-0.3, -0.25) is 14.4 Å². The zero-order chi connectivity index (χ0) is 20.2. The molecule has 0 heterocycles. The second-order valence-corrected chi connectivity index (χ2v) is 7.97. The predicted octanol–water partition coefficient (Wildman–Crippen LogP) is 4.93. The van der Waals surface area contributed by atoms with Crippen LogP contribution in [0.4, 0.5) is 5.69 Å². The van der Waals surface area contributed by atoms with E-state index in [4.69, 9.17) is 4.84 Å². The number of thioether (sulfide) groups is 1. The third-order valence-electron chi connectivity index (χ3n) is 4.04. The summed E-state index contributed by atoms with van der Waals surface area (Å²) < 4.78 is 0. The molecule has 0 radical (unpaired) electrons. The second-order valence-electron chi connectivity index (χ2n) is 6.59. The summed E-state index contributed by atoms with van der Waals surface area (Å²) in [6.07, 6.45) is 3.51. The number of hydrogen-bond donors (Lipinski definition) is 2. The van der Waals surface area contributed by atoms with E-state index in [1.807, 2.05) is 54.6 Å². The first-order chi connectivity index (χ1) is 13.6. The maximum atomic E-state index is 12.3. The Bertz CT molecular complexity index is 735. The van der Waals surface area contributed by atoms with Gasteiger partial charge in [-0.05, 0) is 36.2 Å². The van der Waals surface area contributed by atoms with Crippen molar-refractivity contribution in [3.05, 3.63) is 60.2 Å². The molecular formula is C22H28N2O3S. The van der Waals surface area contributed by atoms with Crippen molar-refractivity contribution in [2.75, 3.05) is 5.32 Å². The van der Waals surface area contributed by atoms with Crippen LogP contribution in [0, 0.1) is 0 Å². The number of benzene rings is 2. The molecule has 2 aromatic carbocycles. The number of nitrogens with one attached hydrogen (secondary N) is 2. The highest BCUT2D eigenvalue weighted by atomic mass is 32.2. The first-order valence-electron chi connectivity index (χ1n) is 9.55. The Hall–Kier alpha value is -2.31. The zero-order valence-corrected chi connectivity index (χ0v) is 17.3. The van der Waals surface area contributed by atoms with Crippen molar-refractivity contribution in [2.45, 2.75) is 56.3 Å². The maximum Gasteiger partial charge on any atom is 0.244 e. The van der Waals surface area contributed by atoms with Gasteiger partial charge in [0.15, 0.2) is 0 Å². The highest BCUT2D eigenvalue weighted by Gasteiger charge is 2.15. The van der Waals surface area contributed by atoms with E-state index < -0.39 is 0 Å². The molecule has 2 N–H and O–H groups in total. The van der Waals surface area contributed by atoms with Crippen molar-refractivity contribution >= 4 is 29.3 Å². The molecule has 5 nitrogen and oxygen atoms in total. The second kappa shape index (κ2) is 12.2. The lowest BCUT2D eigenvalue weighted by Crippen LogP contribution is -2.26. The molecule has 1 atom stereocenters. The fraction of sp³-hybridized carbons (Fsp3) is 0.364. The predicted molar refractivity (Wildman–Crippen MR) is 114 cm³/mol. The zero-order valence-electron chi connectivity index (χ0n) is 16.4. The lowest BCUT2D eigenvalue weighted by atomic mass is 10.1. The van der Waals surface area contributed by atoms with E-state index in [0.717, 1.165) is 35.4 Å². The minimum atomic E-state index is -0.112. The number of amides is 2. The van der Waals surface area contributed by atoms with Gasteiger partial charge in [0.25, 0.3) is 0 Å². The molecule has 0 saturated carbocycles. The molecule has 28 heavy (non-hydrogen) atoms. The van der Waals surface area contributed by atoms with Crippen LogP contribution in [0.2, 0.25) is 0 Å². The molecule has 6 heteroatoms. The topological polar surface area (TPSA) is 67.4 Å². The third-order valence-corrected chi connectivity index (χ3v) is 5.32. The Morgan fingerprint density at radius 3 is 2.43 bits per heavy atom. The van der Waals surface area contributed by atoms with Gasteiger partial charge >= 0.3 is 0 Å². The van der Waals surface area contributed by atoms with Crippen LogP contribution in [0.5, 0.6) is 0 Å². The third kappa shape index (κ3) is 8.59. The van der Waals surface area contributed by atoms with Crippen LogP contribution in [0.15, 0.2) is 59.5 Å². The van der Waals surface area contributed by atoms with E-state index in [0.29, 0.717) is 13.0 Å². The van der Waals surface area contributed by atoms with Crippen LogP contribution < -0.4 is 10.8 Å². The summed E-state index contributed by atoms with van der Waals surface area (Å²) in [6, 6.07) is 17.4. The molecule has 2 amide bonds. The van der Waals surface area contributed by atoms with Crippen molar-refractivity contribution in [3.8, 4) is 0 Å². The summed E-state index contributed by atoms with van der Waals surface area (Å²) in [5.74, 6) is -0.201. The SMILES string of the molecule is CCCCC(CC(=O)NOCc1ccccc1)Sc1ccc(NC(C)=O)cc1. The Balaban J connectivity index is 1.84. The Morgan fingerprint density at radius 2 is 1.79 bits per heavy atom. The highest BCUT2D eigenvalue weighted by molar-refractivity contribution is 8.00. The number of hydrogen-bond acceptors (Lipinski definition) is 4. The summed E-state index contributed by atoms with van der Waals surface area (Å²) >= 11 is 1.69. The minimum Gasteiger partial charge on any atom is -0.326 e. The van der Waals surface area contributed by atoms with E-state index in [1.165, 1.54) is 6.92 Å². The lowest BCUT2D eigenvalue weighted by molar-refractivity contribution is -0.134. The summed E-state index contributed by atoms with van der Waals surface area (Å²) in [5.41, 5.74) is 4.34. The molecule has 2 aromatic rings. The number of carbonyl (C=O) groups is 2. The molecule has 2 rings (SSSR count). The molecular weight excluding hydrogens is 372 g/mol. The van der Waals surface area contributed by atoms with Crippen molar-refractivity contribution in [1.82, 2.24) is 5.48 Å². The molecule has 1 unspecified atom stereocenters. The number of carbonyl (C=O) groups excluding carboxylic acids is 2. The van der Waals surface area contributed by atoms with Gasteiger partial charge in [-0.25, -0.2) is 5.48 Å². The first kappa shape index (κ1) is 22.0. The van der Waals surface area contributed by atoms with E-state index in [-0.39, 0.29) is 17.1 Å². The van der Waals surface area contributed by atoms with E-state index in [2.05, 4.69) is 17.7 Å². The molecule has 0 aliphatic carbocycles. The molecule has 0 saturated heterocycles. The van der Waals surface area contributed by atoms with Gasteiger partial charge in [-0.15, -0.1) is 11.8 Å². The largest absolute Gasteiger partial charge is 0.326 e. The van der Waals surface area contributed by atoms with Gasteiger partial charge in [-0.2, -0.15) is 0 Å². The van der Waals surface area contributed by atoms with Gasteiger partial charge in [-0.1, -0.05) is 50.1 Å². The smallest absolute Gasteiger partial charge is 0.244 e. The number of unbranched alkanes of at least 4 members (excludes halogenated alkanes) is 1. The monoisotopic (exact) mass is 400 g/mol. The van der Waals surface area contributed by atoms with Gasteiger partial charge < -0.3 is 5.32 Å². The summed E-state index contributed by atoms with van der Waals surface area (Å²) in [4.78, 5) is 29.8. The van der Waals surface area contributed by atoms with Crippen LogP contribution in [0.3, 0.4) is 0 Å². The average Bonchev–Trinajstić information content (AvgIpc) is 2.68. The number of rotatable bonds is 11. The Labute approximate surface area is 171 Å². The van der Waals surface area contributed by atoms with Crippen molar-refractivity contribution in [1.29, 1.82) is 0 Å². The van der Waals surface area contributed by atoms with Crippen LogP contribution in [-0.4, -0.2) is 17.1 Å². The fourth-order valence-electron chi connectivity index (χ4n) is 2.67. The molecule has 0 aliphatic rings. The summed E-state index contributed by atoms with van der Waals surface area (Å²) in [5, 5.41) is 2.93. The number of hydroxylamine groups is 1. The molecule has 0 aromatic heterocycles. The summed E-state index contributed by atoms with van der Waals surface area (Å²) in [7, 11) is 0.